The molecule has 1 aromatic carbocycles. The maximum atomic E-state index is 12.3. The number of rotatable bonds is 6. The van der Waals surface area contributed by atoms with E-state index in [0.29, 0.717) is 5.69 Å². The molecule has 7 nitrogen and oxygen atoms in total. The molecule has 1 heterocycles. The van der Waals surface area contributed by atoms with Crippen LogP contribution >= 0.6 is 0 Å². The summed E-state index contributed by atoms with van der Waals surface area (Å²) < 4.78 is 4.70. The molecule has 0 atom stereocenters. The van der Waals surface area contributed by atoms with Crippen molar-refractivity contribution in [1.29, 1.82) is 0 Å². The minimum Gasteiger partial charge on any atom is -0.465 e. The van der Waals surface area contributed by atoms with Gasteiger partial charge in [0.15, 0.2) is 0 Å². The monoisotopic (exact) mass is 341 g/mol. The third kappa shape index (κ3) is 5.13. The molecule has 2 aromatic rings. The molecule has 0 saturated carbocycles. The molecule has 130 valence electrons. The molecule has 1 aromatic heterocycles. The van der Waals surface area contributed by atoms with Crippen molar-refractivity contribution in [1.82, 2.24) is 9.88 Å². The summed E-state index contributed by atoms with van der Waals surface area (Å²) in [5.41, 5.74) is 1.41. The van der Waals surface area contributed by atoms with E-state index in [4.69, 9.17) is 4.74 Å². The van der Waals surface area contributed by atoms with Crippen molar-refractivity contribution in [3.8, 4) is 0 Å². The van der Waals surface area contributed by atoms with Gasteiger partial charge in [-0.3, -0.25) is 14.6 Å². The molecule has 2 amide bonds. The van der Waals surface area contributed by atoms with Gasteiger partial charge in [0.2, 0.25) is 11.8 Å². The Hall–Kier alpha value is -3.22. The number of nitrogens with one attached hydrogen (secondary N) is 1. The van der Waals surface area contributed by atoms with Gasteiger partial charge in [0.05, 0.1) is 18.4 Å². The number of amides is 2. The highest BCUT2D eigenvalue weighted by atomic mass is 16.5. The van der Waals surface area contributed by atoms with Gasteiger partial charge in [-0.1, -0.05) is 18.2 Å². The summed E-state index contributed by atoms with van der Waals surface area (Å²) in [5.74, 6) is -1.19. The van der Waals surface area contributed by atoms with Crippen LogP contribution in [0.4, 0.5) is 5.69 Å². The average molecular weight is 341 g/mol. The van der Waals surface area contributed by atoms with Crippen LogP contribution in [0.15, 0.2) is 48.8 Å². The molecule has 0 aliphatic rings. The zero-order chi connectivity index (χ0) is 18.2. The molecule has 0 aliphatic heterocycles. The number of anilines is 1. The van der Waals surface area contributed by atoms with E-state index in [1.54, 1.807) is 42.7 Å². The second-order valence-electron chi connectivity index (χ2n) is 5.32. The standard InChI is InChI=1S/C18H19N3O4/c1-13(22)21(11-14-6-5-9-19-10-14)12-17(23)20-16-8-4-3-7-15(16)18(24)25-2/h3-10H,11-12H2,1-2H3,(H,20,23). The number of hydrogen-bond donors (Lipinski definition) is 1. The molecule has 0 saturated heterocycles. The average Bonchev–Trinajstić information content (AvgIpc) is 2.61. The third-order valence-corrected chi connectivity index (χ3v) is 3.48. The first-order valence-electron chi connectivity index (χ1n) is 7.63. The van der Waals surface area contributed by atoms with Gasteiger partial charge in [-0.2, -0.15) is 0 Å². The third-order valence-electron chi connectivity index (χ3n) is 3.48. The van der Waals surface area contributed by atoms with E-state index in [9.17, 15) is 14.4 Å². The van der Waals surface area contributed by atoms with E-state index in [-0.39, 0.29) is 24.6 Å². The minimum absolute atomic E-state index is 0.139. The van der Waals surface area contributed by atoms with E-state index in [2.05, 4.69) is 10.3 Å². The summed E-state index contributed by atoms with van der Waals surface area (Å²) in [5, 5.41) is 2.65. The Labute approximate surface area is 145 Å². The van der Waals surface area contributed by atoms with Gasteiger partial charge in [0, 0.05) is 25.9 Å². The Kier molecular flexibility index (Phi) is 6.22. The summed E-state index contributed by atoms with van der Waals surface area (Å²) in [6, 6.07) is 10.1. The Morgan fingerprint density at radius 3 is 2.56 bits per heavy atom. The van der Waals surface area contributed by atoms with Gasteiger partial charge in [-0.15, -0.1) is 0 Å². The van der Waals surface area contributed by atoms with Gasteiger partial charge in [-0.25, -0.2) is 4.79 Å². The molecule has 7 heteroatoms. The first kappa shape index (κ1) is 18.1. The molecule has 0 aliphatic carbocycles. The van der Waals surface area contributed by atoms with E-state index in [1.165, 1.54) is 18.9 Å². The summed E-state index contributed by atoms with van der Waals surface area (Å²) in [7, 11) is 1.27. The van der Waals surface area contributed by atoms with Gasteiger partial charge in [-0.05, 0) is 23.8 Å². The normalized spacial score (nSPS) is 10.0. The number of carbonyl (C=O) groups excluding carboxylic acids is 3. The number of hydrogen-bond acceptors (Lipinski definition) is 5. The Morgan fingerprint density at radius 1 is 1.16 bits per heavy atom. The minimum atomic E-state index is -0.547. The van der Waals surface area contributed by atoms with Gasteiger partial charge in [0.1, 0.15) is 6.54 Å². The number of benzene rings is 1. The number of para-hydroxylation sites is 1. The summed E-state index contributed by atoms with van der Waals surface area (Å²) in [6.07, 6.45) is 3.28. The summed E-state index contributed by atoms with van der Waals surface area (Å²) in [4.78, 5) is 41.2. The van der Waals surface area contributed by atoms with Crippen LogP contribution in [0.3, 0.4) is 0 Å². The van der Waals surface area contributed by atoms with Crippen molar-refractivity contribution in [2.45, 2.75) is 13.5 Å². The van der Waals surface area contributed by atoms with E-state index in [0.717, 1.165) is 5.56 Å². The fourth-order valence-electron chi connectivity index (χ4n) is 2.23. The highest BCUT2D eigenvalue weighted by Gasteiger charge is 2.17. The van der Waals surface area contributed by atoms with Crippen LogP contribution in [0.5, 0.6) is 0 Å². The van der Waals surface area contributed by atoms with Crippen LogP contribution in [0.25, 0.3) is 0 Å². The molecule has 2 rings (SSSR count). The van der Waals surface area contributed by atoms with E-state index < -0.39 is 11.9 Å². The first-order valence-corrected chi connectivity index (χ1v) is 7.63. The molecule has 1 N–H and O–H groups in total. The van der Waals surface area contributed by atoms with E-state index in [1.807, 2.05) is 6.07 Å². The predicted molar refractivity (Wildman–Crippen MR) is 91.7 cm³/mol. The second kappa shape index (κ2) is 8.58. The Morgan fingerprint density at radius 2 is 1.92 bits per heavy atom. The van der Waals surface area contributed by atoms with Crippen LogP contribution in [0.1, 0.15) is 22.8 Å². The quantitative estimate of drug-likeness (QED) is 0.810. The van der Waals surface area contributed by atoms with Crippen molar-refractivity contribution in [2.75, 3.05) is 19.0 Å². The lowest BCUT2D eigenvalue weighted by molar-refractivity contribution is -0.133. The van der Waals surface area contributed by atoms with Crippen LogP contribution in [-0.4, -0.2) is 41.3 Å². The number of pyridine rings is 1. The predicted octanol–water partition coefficient (Wildman–Crippen LogP) is 1.86. The number of esters is 1. The lowest BCUT2D eigenvalue weighted by atomic mass is 10.2. The van der Waals surface area contributed by atoms with Crippen LogP contribution < -0.4 is 5.32 Å². The SMILES string of the molecule is COC(=O)c1ccccc1NC(=O)CN(Cc1cccnc1)C(C)=O. The molecule has 0 bridgehead atoms. The largest absolute Gasteiger partial charge is 0.465 e. The lowest BCUT2D eigenvalue weighted by Gasteiger charge is -2.20. The van der Waals surface area contributed by atoms with Gasteiger partial charge >= 0.3 is 5.97 Å². The fraction of sp³-hybridized carbons (Fsp3) is 0.222. The van der Waals surface area contributed by atoms with Crippen LogP contribution in [-0.2, 0) is 20.9 Å². The molecule has 0 unspecified atom stereocenters. The molecular weight excluding hydrogens is 322 g/mol. The topological polar surface area (TPSA) is 88.6 Å². The molecule has 0 radical (unpaired) electrons. The zero-order valence-corrected chi connectivity index (χ0v) is 14.1. The Balaban J connectivity index is 2.07. The van der Waals surface area contributed by atoms with Crippen molar-refractivity contribution in [3.63, 3.8) is 0 Å². The number of methoxy groups -OCH3 is 1. The smallest absolute Gasteiger partial charge is 0.339 e. The number of nitrogens with zero attached hydrogens (tertiary/aromatic N) is 2. The highest BCUT2D eigenvalue weighted by molar-refractivity contribution is 6.02. The van der Waals surface area contributed by atoms with Crippen LogP contribution in [0, 0.1) is 0 Å². The van der Waals surface area contributed by atoms with Crippen molar-refractivity contribution < 1.29 is 19.1 Å². The molecule has 0 spiro atoms. The first-order chi connectivity index (χ1) is 12.0. The lowest BCUT2D eigenvalue weighted by Crippen LogP contribution is -2.36. The summed E-state index contributed by atoms with van der Waals surface area (Å²) >= 11 is 0. The molecule has 0 fully saturated rings. The van der Waals surface area contributed by atoms with Gasteiger partial charge < -0.3 is 15.0 Å². The molecular formula is C18H19N3O4. The molecule has 25 heavy (non-hydrogen) atoms. The number of carbonyl (C=O) groups is 3. The second-order valence-corrected chi connectivity index (χ2v) is 5.32. The number of aromatic nitrogens is 1. The zero-order valence-electron chi connectivity index (χ0n) is 14.1. The van der Waals surface area contributed by atoms with Crippen molar-refractivity contribution in [3.05, 3.63) is 59.9 Å². The number of ether oxygens (including phenoxy) is 1. The van der Waals surface area contributed by atoms with Gasteiger partial charge in [0.25, 0.3) is 0 Å². The summed E-state index contributed by atoms with van der Waals surface area (Å²) in [6.45, 7) is 1.53. The maximum absolute atomic E-state index is 12.3. The Bertz CT molecular complexity index is 762. The fourth-order valence-corrected chi connectivity index (χ4v) is 2.23. The van der Waals surface area contributed by atoms with Crippen molar-refractivity contribution in [2.24, 2.45) is 0 Å². The van der Waals surface area contributed by atoms with Crippen LogP contribution in [0.2, 0.25) is 0 Å². The maximum Gasteiger partial charge on any atom is 0.339 e. The van der Waals surface area contributed by atoms with Crippen molar-refractivity contribution >= 4 is 23.5 Å². The van der Waals surface area contributed by atoms with E-state index >= 15 is 0 Å². The highest BCUT2D eigenvalue weighted by Crippen LogP contribution is 2.16.